The lowest BCUT2D eigenvalue weighted by molar-refractivity contribution is 0.0697. The third-order valence-electron chi connectivity index (χ3n) is 2.34. The Morgan fingerprint density at radius 3 is 2.93 bits per heavy atom. The number of rotatable bonds is 2. The third kappa shape index (κ3) is 1.41. The molecular formula is C10H11N3O2. The highest BCUT2D eigenvalue weighted by atomic mass is 16.4. The molecule has 0 amide bonds. The summed E-state index contributed by atoms with van der Waals surface area (Å²) in [5, 5.41) is 8.81. The van der Waals surface area contributed by atoms with Gasteiger partial charge in [0.05, 0.1) is 16.6 Å². The van der Waals surface area contributed by atoms with Crippen molar-refractivity contribution in [3.05, 3.63) is 23.8 Å². The van der Waals surface area contributed by atoms with Crippen LogP contribution in [0.4, 0.5) is 5.95 Å². The fourth-order valence-corrected chi connectivity index (χ4v) is 1.61. The highest BCUT2D eigenvalue weighted by Gasteiger charge is 2.09. The minimum Gasteiger partial charge on any atom is -0.478 e. The molecule has 1 aromatic carbocycles. The van der Waals surface area contributed by atoms with Gasteiger partial charge >= 0.3 is 5.97 Å². The van der Waals surface area contributed by atoms with E-state index in [1.807, 2.05) is 11.5 Å². The summed E-state index contributed by atoms with van der Waals surface area (Å²) in [7, 11) is 0. The first-order valence-corrected chi connectivity index (χ1v) is 4.62. The molecule has 15 heavy (non-hydrogen) atoms. The number of anilines is 1. The van der Waals surface area contributed by atoms with Gasteiger partial charge in [-0.2, -0.15) is 0 Å². The van der Waals surface area contributed by atoms with Crippen molar-refractivity contribution in [3.63, 3.8) is 0 Å². The molecule has 5 heteroatoms. The predicted octanol–water partition coefficient (Wildman–Crippen LogP) is 1.34. The maximum Gasteiger partial charge on any atom is 0.335 e. The third-order valence-corrected chi connectivity index (χ3v) is 2.34. The number of carbonyl (C=O) groups is 1. The van der Waals surface area contributed by atoms with Gasteiger partial charge in [-0.05, 0) is 25.1 Å². The second-order valence-corrected chi connectivity index (χ2v) is 3.22. The molecule has 0 aliphatic heterocycles. The van der Waals surface area contributed by atoms with E-state index in [0.717, 1.165) is 12.1 Å². The molecule has 0 saturated heterocycles. The zero-order valence-electron chi connectivity index (χ0n) is 8.27. The van der Waals surface area contributed by atoms with Crippen molar-refractivity contribution in [3.8, 4) is 0 Å². The largest absolute Gasteiger partial charge is 0.478 e. The summed E-state index contributed by atoms with van der Waals surface area (Å²) in [6.07, 6.45) is 0. The summed E-state index contributed by atoms with van der Waals surface area (Å²) in [4.78, 5) is 14.8. The van der Waals surface area contributed by atoms with Gasteiger partial charge in [0.25, 0.3) is 0 Å². The molecule has 0 spiro atoms. The molecule has 0 aliphatic carbocycles. The Morgan fingerprint density at radius 1 is 1.60 bits per heavy atom. The number of carboxylic acid groups (broad SMARTS) is 1. The van der Waals surface area contributed by atoms with E-state index < -0.39 is 5.97 Å². The molecule has 0 saturated carbocycles. The highest BCUT2D eigenvalue weighted by Crippen LogP contribution is 2.19. The van der Waals surface area contributed by atoms with Crippen molar-refractivity contribution in [1.29, 1.82) is 0 Å². The van der Waals surface area contributed by atoms with Crippen LogP contribution in [0.3, 0.4) is 0 Å². The Labute approximate surface area is 86.1 Å². The summed E-state index contributed by atoms with van der Waals surface area (Å²) in [5.41, 5.74) is 7.40. The topological polar surface area (TPSA) is 81.1 Å². The molecule has 3 N–H and O–H groups in total. The average molecular weight is 205 g/mol. The first-order valence-electron chi connectivity index (χ1n) is 4.62. The maximum atomic E-state index is 10.7. The van der Waals surface area contributed by atoms with Gasteiger partial charge in [-0.15, -0.1) is 0 Å². The minimum absolute atomic E-state index is 0.225. The molecule has 2 rings (SSSR count). The van der Waals surface area contributed by atoms with Crippen LogP contribution in [0.25, 0.3) is 11.0 Å². The number of hydrogen-bond donors (Lipinski definition) is 2. The number of hydrogen-bond acceptors (Lipinski definition) is 3. The van der Waals surface area contributed by atoms with Crippen molar-refractivity contribution in [2.45, 2.75) is 13.5 Å². The molecule has 0 fully saturated rings. The van der Waals surface area contributed by atoms with E-state index in [1.54, 1.807) is 12.1 Å². The van der Waals surface area contributed by atoms with Crippen molar-refractivity contribution in [2.75, 3.05) is 5.73 Å². The smallest absolute Gasteiger partial charge is 0.335 e. The van der Waals surface area contributed by atoms with E-state index in [1.165, 1.54) is 6.07 Å². The lowest BCUT2D eigenvalue weighted by Gasteiger charge is -2.00. The van der Waals surface area contributed by atoms with Gasteiger partial charge in [-0.1, -0.05) is 0 Å². The van der Waals surface area contributed by atoms with Crippen LogP contribution in [-0.4, -0.2) is 20.6 Å². The Balaban J connectivity index is 2.69. The number of aromatic carboxylic acids is 1. The Bertz CT molecular complexity index is 531. The van der Waals surface area contributed by atoms with Crippen LogP contribution < -0.4 is 5.73 Å². The number of aryl methyl sites for hydroxylation is 1. The van der Waals surface area contributed by atoms with E-state index in [-0.39, 0.29) is 5.56 Å². The number of imidazole rings is 1. The van der Waals surface area contributed by atoms with Crippen molar-refractivity contribution >= 4 is 23.0 Å². The number of benzene rings is 1. The van der Waals surface area contributed by atoms with Crippen LogP contribution in [0, 0.1) is 0 Å². The normalized spacial score (nSPS) is 10.7. The number of nitrogens with zero attached hydrogens (tertiary/aromatic N) is 2. The molecule has 1 aromatic heterocycles. The SMILES string of the molecule is CCn1c(N)nc2cc(C(=O)O)ccc21. The lowest BCUT2D eigenvalue weighted by atomic mass is 10.2. The van der Waals surface area contributed by atoms with Gasteiger partial charge in [-0.25, -0.2) is 9.78 Å². The molecule has 5 nitrogen and oxygen atoms in total. The van der Waals surface area contributed by atoms with Crippen LogP contribution in [0.15, 0.2) is 18.2 Å². The summed E-state index contributed by atoms with van der Waals surface area (Å²) < 4.78 is 1.83. The number of aromatic nitrogens is 2. The molecule has 0 atom stereocenters. The van der Waals surface area contributed by atoms with Crippen molar-refractivity contribution in [2.24, 2.45) is 0 Å². The van der Waals surface area contributed by atoms with Crippen LogP contribution in [0.1, 0.15) is 17.3 Å². The Hall–Kier alpha value is -2.04. The summed E-state index contributed by atoms with van der Waals surface area (Å²) >= 11 is 0. The minimum atomic E-state index is -0.957. The van der Waals surface area contributed by atoms with Crippen LogP contribution >= 0.6 is 0 Å². The summed E-state index contributed by atoms with van der Waals surface area (Å²) in [6, 6.07) is 4.81. The second kappa shape index (κ2) is 3.27. The van der Waals surface area contributed by atoms with Gasteiger partial charge < -0.3 is 15.4 Å². The average Bonchev–Trinajstić information content (AvgIpc) is 2.51. The number of carboxylic acids is 1. The van der Waals surface area contributed by atoms with E-state index >= 15 is 0 Å². The molecule has 0 aliphatic rings. The van der Waals surface area contributed by atoms with E-state index in [9.17, 15) is 4.79 Å². The van der Waals surface area contributed by atoms with Crippen molar-refractivity contribution in [1.82, 2.24) is 9.55 Å². The zero-order valence-corrected chi connectivity index (χ0v) is 8.27. The van der Waals surface area contributed by atoms with Crippen LogP contribution in [-0.2, 0) is 6.54 Å². The van der Waals surface area contributed by atoms with E-state index in [4.69, 9.17) is 10.8 Å². The van der Waals surface area contributed by atoms with Gasteiger partial charge in [0, 0.05) is 6.54 Å². The zero-order chi connectivity index (χ0) is 11.0. The molecule has 0 unspecified atom stereocenters. The maximum absolute atomic E-state index is 10.7. The Kier molecular flexibility index (Phi) is 2.07. The molecule has 0 bridgehead atoms. The number of nitrogen functional groups attached to an aromatic ring is 1. The lowest BCUT2D eigenvalue weighted by Crippen LogP contribution is -2.00. The summed E-state index contributed by atoms with van der Waals surface area (Å²) in [6.45, 7) is 2.68. The molecule has 2 aromatic rings. The number of nitrogens with two attached hydrogens (primary N) is 1. The fraction of sp³-hybridized carbons (Fsp3) is 0.200. The Morgan fingerprint density at radius 2 is 2.33 bits per heavy atom. The monoisotopic (exact) mass is 205 g/mol. The van der Waals surface area contributed by atoms with Crippen LogP contribution in [0.5, 0.6) is 0 Å². The van der Waals surface area contributed by atoms with Gasteiger partial charge in [0.15, 0.2) is 0 Å². The fourth-order valence-electron chi connectivity index (χ4n) is 1.61. The van der Waals surface area contributed by atoms with Crippen LogP contribution in [0.2, 0.25) is 0 Å². The molecular weight excluding hydrogens is 194 g/mol. The number of fused-ring (bicyclic) bond motifs is 1. The predicted molar refractivity (Wildman–Crippen MR) is 56.8 cm³/mol. The van der Waals surface area contributed by atoms with E-state index in [0.29, 0.717) is 11.5 Å². The van der Waals surface area contributed by atoms with Gasteiger partial charge in [-0.3, -0.25) is 0 Å². The summed E-state index contributed by atoms with van der Waals surface area (Å²) in [5.74, 6) is -0.545. The first kappa shape index (κ1) is 9.51. The highest BCUT2D eigenvalue weighted by molar-refractivity contribution is 5.92. The molecule has 1 heterocycles. The van der Waals surface area contributed by atoms with Crippen molar-refractivity contribution < 1.29 is 9.90 Å². The molecule has 78 valence electrons. The second-order valence-electron chi connectivity index (χ2n) is 3.22. The van der Waals surface area contributed by atoms with E-state index in [2.05, 4.69) is 4.98 Å². The molecule has 0 radical (unpaired) electrons. The first-order chi connectivity index (χ1) is 7.13. The quantitative estimate of drug-likeness (QED) is 0.775. The van der Waals surface area contributed by atoms with Gasteiger partial charge in [0.1, 0.15) is 0 Å². The van der Waals surface area contributed by atoms with Gasteiger partial charge in [0.2, 0.25) is 5.95 Å². The standard InChI is InChI=1S/C10H11N3O2/c1-2-13-8-4-3-6(9(14)15)5-7(8)12-10(13)11/h3-5H,2H2,1H3,(H2,11,12)(H,14,15).